The number of fused-ring (bicyclic) bond motifs is 1. The number of ether oxygens (including phenoxy) is 1. The molecule has 0 spiro atoms. The van der Waals surface area contributed by atoms with Crippen molar-refractivity contribution in [3.8, 4) is 5.75 Å². The summed E-state index contributed by atoms with van der Waals surface area (Å²) in [6.45, 7) is 4.25. The average Bonchev–Trinajstić information content (AvgIpc) is 3.31. The van der Waals surface area contributed by atoms with Crippen molar-refractivity contribution in [1.29, 1.82) is 0 Å². The van der Waals surface area contributed by atoms with Crippen molar-refractivity contribution in [2.75, 3.05) is 0 Å². The highest BCUT2D eigenvalue weighted by atomic mass is 32.1. The minimum atomic E-state index is -0.350. The van der Waals surface area contributed by atoms with E-state index in [1.54, 1.807) is 29.8 Å². The SMILES string of the molecule is Cc1cnc(CNC(=O)c2cc(COc3ccc4sc(C)nc4c3)on2)cn1. The zero-order valence-electron chi connectivity index (χ0n) is 15.3. The maximum Gasteiger partial charge on any atom is 0.273 e. The molecule has 1 amide bonds. The lowest BCUT2D eigenvalue weighted by molar-refractivity contribution is 0.0941. The molecule has 8 nitrogen and oxygen atoms in total. The van der Waals surface area contributed by atoms with Crippen LogP contribution in [-0.2, 0) is 13.2 Å². The number of carbonyl (C=O) groups is 1. The third kappa shape index (κ3) is 4.15. The molecule has 0 atom stereocenters. The number of thiazole rings is 1. The molecule has 1 aromatic carbocycles. The Balaban J connectivity index is 1.33. The van der Waals surface area contributed by atoms with Gasteiger partial charge in [0.2, 0.25) is 0 Å². The van der Waals surface area contributed by atoms with Gasteiger partial charge in [0.05, 0.1) is 39.4 Å². The molecule has 0 radical (unpaired) electrons. The van der Waals surface area contributed by atoms with E-state index in [2.05, 4.69) is 25.4 Å². The number of amides is 1. The summed E-state index contributed by atoms with van der Waals surface area (Å²) in [6, 6.07) is 7.29. The van der Waals surface area contributed by atoms with Gasteiger partial charge in [-0.25, -0.2) is 4.98 Å². The van der Waals surface area contributed by atoms with Gasteiger partial charge in [-0.15, -0.1) is 11.3 Å². The number of benzene rings is 1. The quantitative estimate of drug-likeness (QED) is 0.535. The van der Waals surface area contributed by atoms with Crippen LogP contribution in [0, 0.1) is 13.8 Å². The van der Waals surface area contributed by atoms with Crippen molar-refractivity contribution >= 4 is 27.5 Å². The second-order valence-electron chi connectivity index (χ2n) is 6.16. The van der Waals surface area contributed by atoms with Crippen LogP contribution in [0.1, 0.15) is 32.6 Å². The van der Waals surface area contributed by atoms with Crippen LogP contribution in [0.3, 0.4) is 0 Å². The smallest absolute Gasteiger partial charge is 0.273 e. The molecule has 28 heavy (non-hydrogen) atoms. The van der Waals surface area contributed by atoms with Gasteiger partial charge in [0.25, 0.3) is 5.91 Å². The average molecular weight is 395 g/mol. The number of nitrogens with one attached hydrogen (secondary N) is 1. The molecule has 0 aliphatic carbocycles. The first-order valence-electron chi connectivity index (χ1n) is 8.58. The number of hydrogen-bond donors (Lipinski definition) is 1. The van der Waals surface area contributed by atoms with E-state index >= 15 is 0 Å². The van der Waals surface area contributed by atoms with Crippen molar-refractivity contribution in [2.45, 2.75) is 27.0 Å². The topological polar surface area (TPSA) is 103 Å². The highest BCUT2D eigenvalue weighted by Gasteiger charge is 2.13. The molecule has 0 aliphatic heterocycles. The van der Waals surface area contributed by atoms with Crippen molar-refractivity contribution in [1.82, 2.24) is 25.4 Å². The third-order valence-electron chi connectivity index (χ3n) is 3.90. The molecule has 0 bridgehead atoms. The van der Waals surface area contributed by atoms with Gasteiger partial charge in [0.1, 0.15) is 12.4 Å². The van der Waals surface area contributed by atoms with Crippen LogP contribution >= 0.6 is 11.3 Å². The molecular weight excluding hydrogens is 378 g/mol. The van der Waals surface area contributed by atoms with E-state index in [1.165, 1.54) is 0 Å². The Labute approximate surface area is 164 Å². The highest BCUT2D eigenvalue weighted by molar-refractivity contribution is 7.18. The minimum Gasteiger partial charge on any atom is -0.485 e. The van der Waals surface area contributed by atoms with Gasteiger partial charge in [-0.1, -0.05) is 5.16 Å². The maximum absolute atomic E-state index is 12.2. The van der Waals surface area contributed by atoms with Gasteiger partial charge >= 0.3 is 0 Å². The zero-order chi connectivity index (χ0) is 19.5. The largest absolute Gasteiger partial charge is 0.485 e. The van der Waals surface area contributed by atoms with Crippen molar-refractivity contribution in [3.63, 3.8) is 0 Å². The molecule has 4 rings (SSSR count). The Bertz CT molecular complexity index is 1120. The Morgan fingerprint density at radius 3 is 2.93 bits per heavy atom. The monoisotopic (exact) mass is 395 g/mol. The molecule has 3 aromatic heterocycles. The lowest BCUT2D eigenvalue weighted by atomic mass is 10.3. The number of rotatable bonds is 6. The van der Waals surface area contributed by atoms with Crippen LogP contribution in [0.15, 0.2) is 41.2 Å². The van der Waals surface area contributed by atoms with Crippen molar-refractivity contribution < 1.29 is 14.1 Å². The molecule has 0 aliphatic rings. The van der Waals surface area contributed by atoms with Gasteiger partial charge in [0, 0.05) is 18.3 Å². The summed E-state index contributed by atoms with van der Waals surface area (Å²) >= 11 is 1.64. The van der Waals surface area contributed by atoms with E-state index in [9.17, 15) is 4.79 Å². The molecule has 0 fully saturated rings. The van der Waals surface area contributed by atoms with E-state index in [1.807, 2.05) is 32.0 Å². The number of hydrogen-bond acceptors (Lipinski definition) is 8. The van der Waals surface area contributed by atoms with Gasteiger partial charge in [-0.3, -0.25) is 14.8 Å². The van der Waals surface area contributed by atoms with E-state index < -0.39 is 0 Å². The second-order valence-corrected chi connectivity index (χ2v) is 7.40. The van der Waals surface area contributed by atoms with Crippen LogP contribution in [0.25, 0.3) is 10.2 Å². The van der Waals surface area contributed by atoms with Gasteiger partial charge in [-0.2, -0.15) is 0 Å². The Kier molecular flexibility index (Phi) is 4.98. The predicted octanol–water partition coefficient (Wildman–Crippen LogP) is 3.20. The maximum atomic E-state index is 12.2. The summed E-state index contributed by atoms with van der Waals surface area (Å²) in [7, 11) is 0. The molecule has 0 unspecified atom stereocenters. The van der Waals surface area contributed by atoms with Crippen LogP contribution in [0.4, 0.5) is 0 Å². The molecule has 3 heterocycles. The number of nitrogens with zero attached hydrogens (tertiary/aromatic N) is 4. The summed E-state index contributed by atoms with van der Waals surface area (Å²) in [4.78, 5) is 25.0. The van der Waals surface area contributed by atoms with E-state index in [0.29, 0.717) is 17.2 Å². The standard InChI is InChI=1S/C19H17N5O3S/c1-11-7-21-13(8-20-11)9-22-19(25)17-6-15(27-24-17)10-26-14-3-4-18-16(5-14)23-12(2)28-18/h3-8H,9-10H2,1-2H3,(H,22,25). The lowest BCUT2D eigenvalue weighted by Gasteiger charge is -2.03. The summed E-state index contributed by atoms with van der Waals surface area (Å²) in [5, 5.41) is 7.54. The van der Waals surface area contributed by atoms with E-state index in [-0.39, 0.29) is 24.8 Å². The molecular formula is C19H17N5O3S. The molecule has 142 valence electrons. The highest BCUT2D eigenvalue weighted by Crippen LogP contribution is 2.26. The first-order valence-corrected chi connectivity index (χ1v) is 9.40. The Morgan fingerprint density at radius 2 is 2.11 bits per heavy atom. The van der Waals surface area contributed by atoms with Gasteiger partial charge in [0.15, 0.2) is 11.5 Å². The van der Waals surface area contributed by atoms with E-state index in [4.69, 9.17) is 9.26 Å². The van der Waals surface area contributed by atoms with E-state index in [0.717, 1.165) is 20.9 Å². The molecule has 9 heteroatoms. The van der Waals surface area contributed by atoms with Gasteiger partial charge < -0.3 is 14.6 Å². The molecule has 0 saturated heterocycles. The number of aryl methyl sites for hydroxylation is 2. The second kappa shape index (κ2) is 7.73. The number of carbonyl (C=O) groups excluding carboxylic acids is 1. The first kappa shape index (κ1) is 18.1. The molecule has 1 N–H and O–H groups in total. The van der Waals surface area contributed by atoms with Crippen LogP contribution in [-0.4, -0.2) is 26.0 Å². The van der Waals surface area contributed by atoms with Crippen LogP contribution in [0.2, 0.25) is 0 Å². The molecule has 0 saturated carbocycles. The summed E-state index contributed by atoms with van der Waals surface area (Å²) in [5.41, 5.74) is 2.57. The molecule has 4 aromatic rings. The Hall–Kier alpha value is -3.33. The summed E-state index contributed by atoms with van der Waals surface area (Å²) in [6.07, 6.45) is 3.27. The van der Waals surface area contributed by atoms with Gasteiger partial charge in [-0.05, 0) is 26.0 Å². The van der Waals surface area contributed by atoms with Crippen LogP contribution < -0.4 is 10.1 Å². The third-order valence-corrected chi connectivity index (χ3v) is 4.85. The predicted molar refractivity (Wildman–Crippen MR) is 103 cm³/mol. The zero-order valence-corrected chi connectivity index (χ0v) is 16.1. The first-order chi connectivity index (χ1) is 13.6. The Morgan fingerprint density at radius 1 is 1.21 bits per heavy atom. The van der Waals surface area contributed by atoms with Crippen molar-refractivity contribution in [2.24, 2.45) is 0 Å². The number of aromatic nitrogens is 4. The minimum absolute atomic E-state index is 0.165. The normalized spacial score (nSPS) is 10.9. The summed E-state index contributed by atoms with van der Waals surface area (Å²) < 4.78 is 12.0. The fourth-order valence-corrected chi connectivity index (χ4v) is 3.33. The fraction of sp³-hybridized carbons (Fsp3) is 0.211. The van der Waals surface area contributed by atoms with Crippen molar-refractivity contribution in [3.05, 3.63) is 64.5 Å². The summed E-state index contributed by atoms with van der Waals surface area (Å²) in [5.74, 6) is 0.782. The fourth-order valence-electron chi connectivity index (χ4n) is 2.53. The lowest BCUT2D eigenvalue weighted by Crippen LogP contribution is -2.23. The van der Waals surface area contributed by atoms with Crippen LogP contribution in [0.5, 0.6) is 5.75 Å².